The Labute approximate surface area is 96.8 Å². The van der Waals surface area contributed by atoms with Crippen LogP contribution in [0.15, 0.2) is 24.3 Å². The second kappa shape index (κ2) is 4.97. The van der Waals surface area contributed by atoms with Gasteiger partial charge < -0.3 is 11.1 Å². The van der Waals surface area contributed by atoms with Crippen molar-refractivity contribution >= 4 is 11.6 Å². The number of hydrogen-bond acceptors (Lipinski definition) is 2. The van der Waals surface area contributed by atoms with Gasteiger partial charge in [0.2, 0.25) is 0 Å². The number of hydrogen-bond donors (Lipinski definition) is 2. The van der Waals surface area contributed by atoms with Crippen molar-refractivity contribution in [3.63, 3.8) is 0 Å². The van der Waals surface area contributed by atoms with Crippen molar-refractivity contribution in [2.45, 2.75) is 32.4 Å². The molecular formula is C12H19ClN2. The van der Waals surface area contributed by atoms with Gasteiger partial charge in [-0.2, -0.15) is 0 Å². The molecule has 0 bridgehead atoms. The molecule has 0 fully saturated rings. The Morgan fingerprint density at radius 1 is 1.33 bits per heavy atom. The number of benzene rings is 1. The van der Waals surface area contributed by atoms with Gasteiger partial charge in [-0.25, -0.2) is 0 Å². The lowest BCUT2D eigenvalue weighted by atomic mass is 10.0. The summed E-state index contributed by atoms with van der Waals surface area (Å²) in [7, 11) is 0. The average Bonchev–Trinajstić information content (AvgIpc) is 2.14. The summed E-state index contributed by atoms with van der Waals surface area (Å²) in [6, 6.07) is 7.92. The lowest BCUT2D eigenvalue weighted by Gasteiger charge is -2.28. The highest BCUT2D eigenvalue weighted by atomic mass is 35.5. The van der Waals surface area contributed by atoms with Gasteiger partial charge in [0.25, 0.3) is 0 Å². The second-order valence-electron chi connectivity index (χ2n) is 4.70. The molecule has 3 heteroatoms. The molecule has 1 unspecified atom stereocenters. The normalized spacial score (nSPS) is 13.9. The first-order valence-electron chi connectivity index (χ1n) is 5.16. The summed E-state index contributed by atoms with van der Waals surface area (Å²) >= 11 is 6.13. The predicted molar refractivity (Wildman–Crippen MR) is 66.1 cm³/mol. The molecule has 0 saturated heterocycles. The van der Waals surface area contributed by atoms with Crippen LogP contribution in [0.3, 0.4) is 0 Å². The van der Waals surface area contributed by atoms with E-state index in [0.29, 0.717) is 6.54 Å². The first-order valence-corrected chi connectivity index (χ1v) is 5.54. The molecule has 84 valence electrons. The number of halogens is 1. The van der Waals surface area contributed by atoms with Crippen LogP contribution in [-0.4, -0.2) is 12.1 Å². The molecule has 0 aliphatic rings. The molecule has 0 aliphatic heterocycles. The van der Waals surface area contributed by atoms with E-state index in [-0.39, 0.29) is 11.6 Å². The Morgan fingerprint density at radius 3 is 2.40 bits per heavy atom. The molecule has 15 heavy (non-hydrogen) atoms. The maximum atomic E-state index is 6.13. The van der Waals surface area contributed by atoms with E-state index in [2.05, 4.69) is 26.1 Å². The van der Waals surface area contributed by atoms with Crippen molar-refractivity contribution in [3.8, 4) is 0 Å². The lowest BCUT2D eigenvalue weighted by Crippen LogP contribution is -2.41. The van der Waals surface area contributed by atoms with Crippen molar-refractivity contribution in [2.75, 3.05) is 6.54 Å². The molecule has 0 aromatic heterocycles. The molecule has 0 amide bonds. The van der Waals surface area contributed by atoms with Crippen LogP contribution in [0.25, 0.3) is 0 Å². The predicted octanol–water partition coefficient (Wildman–Crippen LogP) is 2.73. The van der Waals surface area contributed by atoms with Crippen LogP contribution in [0.5, 0.6) is 0 Å². The van der Waals surface area contributed by atoms with Crippen molar-refractivity contribution in [1.29, 1.82) is 0 Å². The number of nitrogens with one attached hydrogen (secondary N) is 1. The molecule has 3 N–H and O–H groups in total. The van der Waals surface area contributed by atoms with Crippen LogP contribution in [0.2, 0.25) is 5.02 Å². The standard InChI is InChI=1S/C12H19ClN2/c1-12(2,3)15-11(8-14)9-6-4-5-7-10(9)13/h4-7,11,15H,8,14H2,1-3H3. The molecular weight excluding hydrogens is 208 g/mol. The Kier molecular flexibility index (Phi) is 4.14. The van der Waals surface area contributed by atoms with Crippen molar-refractivity contribution < 1.29 is 0 Å². The van der Waals surface area contributed by atoms with E-state index in [4.69, 9.17) is 17.3 Å². The first kappa shape index (κ1) is 12.5. The van der Waals surface area contributed by atoms with Gasteiger partial charge in [-0.15, -0.1) is 0 Å². The molecule has 0 radical (unpaired) electrons. The summed E-state index contributed by atoms with van der Waals surface area (Å²) < 4.78 is 0. The topological polar surface area (TPSA) is 38.0 Å². The summed E-state index contributed by atoms with van der Waals surface area (Å²) in [5.41, 5.74) is 6.86. The second-order valence-corrected chi connectivity index (χ2v) is 5.11. The van der Waals surface area contributed by atoms with Crippen LogP contribution in [-0.2, 0) is 0 Å². The fraction of sp³-hybridized carbons (Fsp3) is 0.500. The molecule has 1 atom stereocenters. The van der Waals surface area contributed by atoms with E-state index in [1.807, 2.05) is 24.3 Å². The van der Waals surface area contributed by atoms with Gasteiger partial charge >= 0.3 is 0 Å². The summed E-state index contributed by atoms with van der Waals surface area (Å²) in [4.78, 5) is 0. The highest BCUT2D eigenvalue weighted by Gasteiger charge is 2.18. The molecule has 0 aliphatic carbocycles. The molecule has 0 heterocycles. The highest BCUT2D eigenvalue weighted by Crippen LogP contribution is 2.23. The third-order valence-electron chi connectivity index (χ3n) is 2.12. The third-order valence-corrected chi connectivity index (χ3v) is 2.47. The van der Waals surface area contributed by atoms with Crippen molar-refractivity contribution in [3.05, 3.63) is 34.9 Å². The van der Waals surface area contributed by atoms with Crippen LogP contribution < -0.4 is 11.1 Å². The molecule has 2 nitrogen and oxygen atoms in total. The zero-order valence-electron chi connectivity index (χ0n) is 9.55. The molecule has 1 aromatic carbocycles. The van der Waals surface area contributed by atoms with Gasteiger partial charge in [0.15, 0.2) is 0 Å². The lowest BCUT2D eigenvalue weighted by molar-refractivity contribution is 0.367. The third kappa shape index (κ3) is 3.82. The Hall–Kier alpha value is -0.570. The van der Waals surface area contributed by atoms with E-state index in [1.165, 1.54) is 0 Å². The minimum Gasteiger partial charge on any atom is -0.329 e. The van der Waals surface area contributed by atoms with Gasteiger partial charge in [-0.05, 0) is 32.4 Å². The largest absolute Gasteiger partial charge is 0.329 e. The van der Waals surface area contributed by atoms with E-state index >= 15 is 0 Å². The zero-order chi connectivity index (χ0) is 11.5. The Morgan fingerprint density at radius 2 is 1.93 bits per heavy atom. The Balaban J connectivity index is 2.88. The van der Waals surface area contributed by atoms with E-state index in [1.54, 1.807) is 0 Å². The fourth-order valence-electron chi connectivity index (χ4n) is 1.54. The maximum Gasteiger partial charge on any atom is 0.0463 e. The van der Waals surface area contributed by atoms with Crippen molar-refractivity contribution in [2.24, 2.45) is 5.73 Å². The van der Waals surface area contributed by atoms with Gasteiger partial charge in [-0.1, -0.05) is 29.8 Å². The zero-order valence-corrected chi connectivity index (χ0v) is 10.3. The molecule has 1 aromatic rings. The minimum atomic E-state index is 0.0310. The molecule has 1 rings (SSSR count). The average molecular weight is 227 g/mol. The van der Waals surface area contributed by atoms with E-state index in [9.17, 15) is 0 Å². The highest BCUT2D eigenvalue weighted by molar-refractivity contribution is 6.31. The minimum absolute atomic E-state index is 0.0310. The van der Waals surface area contributed by atoms with Crippen LogP contribution in [0, 0.1) is 0 Å². The monoisotopic (exact) mass is 226 g/mol. The van der Waals surface area contributed by atoms with E-state index < -0.39 is 0 Å². The van der Waals surface area contributed by atoms with Crippen molar-refractivity contribution in [1.82, 2.24) is 5.32 Å². The summed E-state index contributed by atoms with van der Waals surface area (Å²) in [6.45, 7) is 6.90. The van der Waals surface area contributed by atoms with Gasteiger partial charge in [0.05, 0.1) is 0 Å². The smallest absolute Gasteiger partial charge is 0.0463 e. The van der Waals surface area contributed by atoms with Gasteiger partial charge in [0, 0.05) is 23.1 Å². The van der Waals surface area contributed by atoms with Gasteiger partial charge in [0.1, 0.15) is 0 Å². The quantitative estimate of drug-likeness (QED) is 0.832. The molecule has 0 saturated carbocycles. The fourth-order valence-corrected chi connectivity index (χ4v) is 1.81. The van der Waals surface area contributed by atoms with Crippen LogP contribution in [0.4, 0.5) is 0 Å². The summed E-state index contributed by atoms with van der Waals surface area (Å²) in [5, 5.41) is 4.22. The van der Waals surface area contributed by atoms with Crippen LogP contribution in [0.1, 0.15) is 32.4 Å². The summed E-state index contributed by atoms with van der Waals surface area (Å²) in [6.07, 6.45) is 0. The molecule has 0 spiro atoms. The maximum absolute atomic E-state index is 6.13. The summed E-state index contributed by atoms with van der Waals surface area (Å²) in [5.74, 6) is 0. The SMILES string of the molecule is CC(C)(C)NC(CN)c1ccccc1Cl. The number of rotatable bonds is 3. The number of nitrogens with two attached hydrogens (primary N) is 1. The first-order chi connectivity index (χ1) is 6.94. The Bertz CT molecular complexity index is 318. The van der Waals surface area contributed by atoms with E-state index in [0.717, 1.165) is 10.6 Å². The van der Waals surface area contributed by atoms with Crippen LogP contribution >= 0.6 is 11.6 Å². The van der Waals surface area contributed by atoms with Gasteiger partial charge in [-0.3, -0.25) is 0 Å².